The number of amides is 1. The van der Waals surface area contributed by atoms with Crippen molar-refractivity contribution in [2.45, 2.75) is 45.3 Å². The first kappa shape index (κ1) is 19.9. The standard InChI is InChI=1S/C14H22N2O6/c1-14(2,3)22-13(20)16-10(12(19)21-4)7-9(5-6-15)11(18)8-17/h9-10,17H,5,7-8H2,1-4H3,(H,16,20)/t9-,10-/m0/s1. The summed E-state index contributed by atoms with van der Waals surface area (Å²) in [4.78, 5) is 35.0. The number of nitrogens with zero attached hydrogens (tertiary/aromatic N) is 1. The first-order valence-electron chi connectivity index (χ1n) is 6.72. The van der Waals surface area contributed by atoms with E-state index in [4.69, 9.17) is 15.1 Å². The van der Waals surface area contributed by atoms with Gasteiger partial charge in [-0.3, -0.25) is 4.79 Å². The zero-order chi connectivity index (χ0) is 17.3. The molecular formula is C14H22N2O6. The molecule has 0 aliphatic rings. The van der Waals surface area contributed by atoms with Crippen LogP contribution < -0.4 is 5.32 Å². The average Bonchev–Trinajstić information content (AvgIpc) is 2.42. The second kappa shape index (κ2) is 9.00. The number of aliphatic hydroxyl groups excluding tert-OH is 1. The van der Waals surface area contributed by atoms with Crippen LogP contribution in [0.3, 0.4) is 0 Å². The second-order valence-electron chi connectivity index (χ2n) is 5.64. The van der Waals surface area contributed by atoms with Crippen LogP contribution in [0.15, 0.2) is 0 Å². The minimum absolute atomic E-state index is 0.154. The summed E-state index contributed by atoms with van der Waals surface area (Å²) in [7, 11) is 1.14. The van der Waals surface area contributed by atoms with Crippen molar-refractivity contribution in [1.82, 2.24) is 5.32 Å². The Morgan fingerprint density at radius 3 is 2.32 bits per heavy atom. The molecule has 2 atom stereocenters. The van der Waals surface area contributed by atoms with Crippen molar-refractivity contribution >= 4 is 17.8 Å². The van der Waals surface area contributed by atoms with Crippen LogP contribution >= 0.6 is 0 Å². The van der Waals surface area contributed by atoms with Gasteiger partial charge < -0.3 is 19.9 Å². The van der Waals surface area contributed by atoms with E-state index in [2.05, 4.69) is 10.1 Å². The van der Waals surface area contributed by atoms with Gasteiger partial charge in [-0.25, -0.2) is 9.59 Å². The number of carbonyl (C=O) groups is 3. The van der Waals surface area contributed by atoms with Crippen LogP contribution in [0, 0.1) is 17.2 Å². The molecule has 0 unspecified atom stereocenters. The van der Waals surface area contributed by atoms with Crippen LogP contribution in [0.2, 0.25) is 0 Å². The van der Waals surface area contributed by atoms with E-state index in [0.717, 1.165) is 7.11 Å². The van der Waals surface area contributed by atoms with Gasteiger partial charge in [-0.2, -0.15) is 5.26 Å². The van der Waals surface area contributed by atoms with E-state index in [-0.39, 0.29) is 12.8 Å². The van der Waals surface area contributed by atoms with Crippen LogP contribution in [0.4, 0.5) is 4.79 Å². The first-order chi connectivity index (χ1) is 10.1. The topological polar surface area (TPSA) is 126 Å². The lowest BCUT2D eigenvalue weighted by Gasteiger charge is -2.24. The molecule has 0 rings (SSSR count). The molecule has 0 saturated carbocycles. The molecule has 22 heavy (non-hydrogen) atoms. The maximum Gasteiger partial charge on any atom is 0.408 e. The average molecular weight is 314 g/mol. The Morgan fingerprint density at radius 2 is 1.91 bits per heavy atom. The SMILES string of the molecule is COC(=O)[C@H](C[C@H](CC#N)C(=O)CO)NC(=O)OC(C)(C)C. The summed E-state index contributed by atoms with van der Waals surface area (Å²) in [5.41, 5.74) is -0.752. The van der Waals surface area contributed by atoms with E-state index in [1.807, 2.05) is 6.07 Å². The molecule has 124 valence electrons. The Morgan fingerprint density at radius 1 is 1.32 bits per heavy atom. The third-order valence-corrected chi connectivity index (χ3v) is 2.65. The van der Waals surface area contributed by atoms with E-state index in [0.29, 0.717) is 0 Å². The predicted octanol–water partition coefficient (Wildman–Crippen LogP) is 0.534. The molecule has 1 amide bonds. The number of rotatable bonds is 7. The van der Waals surface area contributed by atoms with Crippen molar-refractivity contribution in [2.24, 2.45) is 5.92 Å². The Balaban J connectivity index is 4.98. The van der Waals surface area contributed by atoms with Gasteiger partial charge in [0.1, 0.15) is 18.2 Å². The summed E-state index contributed by atoms with van der Waals surface area (Å²) in [6.07, 6.45) is -1.17. The van der Waals surface area contributed by atoms with Crippen LogP contribution in [0.5, 0.6) is 0 Å². The molecule has 8 heteroatoms. The van der Waals surface area contributed by atoms with Crippen molar-refractivity contribution in [3.63, 3.8) is 0 Å². The smallest absolute Gasteiger partial charge is 0.408 e. The van der Waals surface area contributed by atoms with Gasteiger partial charge in [0.15, 0.2) is 5.78 Å². The van der Waals surface area contributed by atoms with Gasteiger partial charge in [0, 0.05) is 12.3 Å². The lowest BCUT2D eigenvalue weighted by molar-refractivity contribution is -0.143. The molecule has 2 N–H and O–H groups in total. The lowest BCUT2D eigenvalue weighted by Crippen LogP contribution is -2.45. The summed E-state index contributed by atoms with van der Waals surface area (Å²) >= 11 is 0. The Labute approximate surface area is 129 Å². The minimum atomic E-state index is -1.14. The zero-order valence-electron chi connectivity index (χ0n) is 13.2. The highest BCUT2D eigenvalue weighted by Crippen LogP contribution is 2.15. The van der Waals surface area contributed by atoms with Crippen LogP contribution in [-0.2, 0) is 19.1 Å². The van der Waals surface area contributed by atoms with E-state index < -0.39 is 42.0 Å². The molecule has 0 fully saturated rings. The van der Waals surface area contributed by atoms with E-state index >= 15 is 0 Å². The van der Waals surface area contributed by atoms with Gasteiger partial charge in [0.25, 0.3) is 0 Å². The van der Waals surface area contributed by atoms with Crippen molar-refractivity contribution in [1.29, 1.82) is 5.26 Å². The van der Waals surface area contributed by atoms with Gasteiger partial charge in [-0.1, -0.05) is 0 Å². The van der Waals surface area contributed by atoms with Crippen molar-refractivity contribution in [2.75, 3.05) is 13.7 Å². The number of esters is 1. The molecule has 0 radical (unpaired) electrons. The number of nitrogens with one attached hydrogen (secondary N) is 1. The van der Waals surface area contributed by atoms with E-state index in [9.17, 15) is 14.4 Å². The number of methoxy groups -OCH3 is 1. The van der Waals surface area contributed by atoms with Gasteiger partial charge in [-0.15, -0.1) is 0 Å². The molecular weight excluding hydrogens is 292 g/mol. The van der Waals surface area contributed by atoms with Crippen molar-refractivity contribution in [3.05, 3.63) is 0 Å². The quantitative estimate of drug-likeness (QED) is 0.656. The number of alkyl carbamates (subject to hydrolysis) is 1. The first-order valence-corrected chi connectivity index (χ1v) is 6.72. The highest BCUT2D eigenvalue weighted by atomic mass is 16.6. The van der Waals surface area contributed by atoms with Crippen LogP contribution in [-0.4, -0.2) is 48.3 Å². The van der Waals surface area contributed by atoms with Gasteiger partial charge in [-0.05, 0) is 27.2 Å². The number of carbonyl (C=O) groups excluding carboxylic acids is 3. The zero-order valence-corrected chi connectivity index (χ0v) is 13.2. The fourth-order valence-corrected chi connectivity index (χ4v) is 1.66. The molecule has 0 aliphatic carbocycles. The fourth-order valence-electron chi connectivity index (χ4n) is 1.66. The summed E-state index contributed by atoms with van der Waals surface area (Å²) in [5.74, 6) is -2.23. The Hall–Kier alpha value is -2.14. The lowest BCUT2D eigenvalue weighted by atomic mass is 9.93. The van der Waals surface area contributed by atoms with Gasteiger partial charge >= 0.3 is 12.1 Å². The second-order valence-corrected chi connectivity index (χ2v) is 5.64. The highest BCUT2D eigenvalue weighted by molar-refractivity contribution is 5.85. The number of ether oxygens (including phenoxy) is 2. The summed E-state index contributed by atoms with van der Waals surface area (Å²) < 4.78 is 9.60. The van der Waals surface area contributed by atoms with Crippen molar-refractivity contribution in [3.8, 4) is 6.07 Å². The molecule has 0 aromatic carbocycles. The molecule has 0 saturated heterocycles. The van der Waals surface area contributed by atoms with E-state index in [1.54, 1.807) is 20.8 Å². The predicted molar refractivity (Wildman–Crippen MR) is 75.6 cm³/mol. The largest absolute Gasteiger partial charge is 0.467 e. The third-order valence-electron chi connectivity index (χ3n) is 2.65. The Bertz CT molecular complexity index is 449. The summed E-state index contributed by atoms with van der Waals surface area (Å²) in [6.45, 7) is 4.24. The monoisotopic (exact) mass is 314 g/mol. The van der Waals surface area contributed by atoms with Crippen molar-refractivity contribution < 1.29 is 29.0 Å². The third kappa shape index (κ3) is 7.59. The molecule has 0 bridgehead atoms. The number of nitriles is 1. The molecule has 8 nitrogen and oxygen atoms in total. The van der Waals surface area contributed by atoms with Crippen LogP contribution in [0.25, 0.3) is 0 Å². The summed E-state index contributed by atoms with van der Waals surface area (Å²) in [6, 6.07) is 0.664. The molecule has 0 spiro atoms. The molecule has 0 heterocycles. The number of ketones is 1. The van der Waals surface area contributed by atoms with Gasteiger partial charge in [0.05, 0.1) is 13.2 Å². The van der Waals surface area contributed by atoms with E-state index in [1.165, 1.54) is 0 Å². The van der Waals surface area contributed by atoms with Crippen LogP contribution in [0.1, 0.15) is 33.6 Å². The summed E-state index contributed by atoms with van der Waals surface area (Å²) in [5, 5.41) is 19.9. The number of hydrogen-bond acceptors (Lipinski definition) is 7. The highest BCUT2D eigenvalue weighted by Gasteiger charge is 2.30. The minimum Gasteiger partial charge on any atom is -0.467 e. The normalized spacial score (nSPS) is 13.5. The number of aliphatic hydroxyl groups is 1. The number of Topliss-reactive ketones (excluding diaryl/α,β-unsaturated/α-hetero) is 1. The number of hydrogen-bond donors (Lipinski definition) is 2. The molecule has 0 aliphatic heterocycles. The molecule has 0 aromatic rings. The maximum atomic E-state index is 11.7. The fraction of sp³-hybridized carbons (Fsp3) is 0.714. The molecule has 0 aromatic heterocycles. The van der Waals surface area contributed by atoms with Gasteiger partial charge in [0.2, 0.25) is 0 Å². The maximum absolute atomic E-state index is 11.7. The Kier molecular flexibility index (Phi) is 8.12.